The van der Waals surface area contributed by atoms with Crippen molar-refractivity contribution >= 4 is 17.5 Å². The molecule has 0 radical (unpaired) electrons. The molecule has 0 bridgehead atoms. The summed E-state index contributed by atoms with van der Waals surface area (Å²) in [7, 11) is 1.20. The van der Waals surface area contributed by atoms with E-state index in [1.54, 1.807) is 36.4 Å². The van der Waals surface area contributed by atoms with E-state index in [2.05, 4.69) is 10.3 Å². The van der Waals surface area contributed by atoms with Crippen molar-refractivity contribution in [2.75, 3.05) is 7.11 Å². The molecule has 0 saturated heterocycles. The van der Waals surface area contributed by atoms with Gasteiger partial charge in [-0.2, -0.15) is 13.2 Å². The van der Waals surface area contributed by atoms with Crippen LogP contribution in [0, 0.1) is 0 Å². The molecule has 1 atom stereocenters. The average Bonchev–Trinajstić information content (AvgIpc) is 3.45. The summed E-state index contributed by atoms with van der Waals surface area (Å²) in [5.74, 6) is -1.27. The lowest BCUT2D eigenvalue weighted by Gasteiger charge is -2.16. The molecule has 1 N–H and O–H groups in total. The van der Waals surface area contributed by atoms with Gasteiger partial charge < -0.3 is 18.9 Å². The second kappa shape index (κ2) is 8.81. The third kappa shape index (κ3) is 4.74. The van der Waals surface area contributed by atoms with Crippen molar-refractivity contribution in [2.24, 2.45) is 0 Å². The summed E-state index contributed by atoms with van der Waals surface area (Å²) in [6.07, 6.45) is 0.536. The lowest BCUT2D eigenvalue weighted by molar-refractivity contribution is -0.145. The molecule has 0 aliphatic heterocycles. The number of furan rings is 1. The Balaban J connectivity index is 1.63. The molecule has 4 rings (SSSR count). The van der Waals surface area contributed by atoms with Gasteiger partial charge in [-0.3, -0.25) is 4.79 Å². The number of nitrogens with one attached hydrogen (secondary N) is 1. The third-order valence-electron chi connectivity index (χ3n) is 4.98. The van der Waals surface area contributed by atoms with E-state index in [4.69, 9.17) is 9.15 Å². The number of rotatable bonds is 6. The number of carbonyl (C=O) groups is 2. The fourth-order valence-corrected chi connectivity index (χ4v) is 3.45. The summed E-state index contributed by atoms with van der Waals surface area (Å²) in [5.41, 5.74) is 0.108. The van der Waals surface area contributed by atoms with Gasteiger partial charge in [-0.15, -0.1) is 0 Å². The number of pyridine rings is 1. The van der Waals surface area contributed by atoms with E-state index in [0.29, 0.717) is 11.1 Å². The predicted octanol–water partition coefficient (Wildman–Crippen LogP) is 4.19. The molecule has 1 unspecified atom stereocenters. The van der Waals surface area contributed by atoms with Crippen LogP contribution in [-0.4, -0.2) is 28.4 Å². The molecule has 0 aliphatic carbocycles. The van der Waals surface area contributed by atoms with Crippen LogP contribution in [0.4, 0.5) is 13.2 Å². The van der Waals surface area contributed by atoms with Gasteiger partial charge in [-0.1, -0.05) is 30.3 Å². The van der Waals surface area contributed by atoms with Gasteiger partial charge in [0.05, 0.1) is 37.3 Å². The largest absolute Gasteiger partial charge is 0.472 e. The second-order valence-corrected chi connectivity index (χ2v) is 7.23. The van der Waals surface area contributed by atoms with Gasteiger partial charge in [0, 0.05) is 23.5 Å². The molecule has 1 amide bonds. The fraction of sp³-hybridized carbons (Fsp3) is 0.174. The van der Waals surface area contributed by atoms with Crippen LogP contribution in [-0.2, 0) is 26.9 Å². The molecule has 3 heterocycles. The predicted molar refractivity (Wildman–Crippen MR) is 111 cm³/mol. The number of ether oxygens (including phenoxy) is 1. The topological polar surface area (TPSA) is 85.8 Å². The van der Waals surface area contributed by atoms with Crippen LogP contribution in [0.3, 0.4) is 0 Å². The molecule has 3 aromatic heterocycles. The SMILES string of the molecule is COC(=O)C(NC(=O)Cc1cn2cc(-c3ccoc3)cc(C(F)(F)F)c2n1)c1ccccc1. The Kier molecular flexibility index (Phi) is 5.91. The van der Waals surface area contributed by atoms with Crippen LogP contribution in [0.25, 0.3) is 16.8 Å². The number of halogens is 3. The van der Waals surface area contributed by atoms with Crippen LogP contribution in [0.5, 0.6) is 0 Å². The van der Waals surface area contributed by atoms with Crippen molar-refractivity contribution in [3.05, 3.63) is 84.2 Å². The summed E-state index contributed by atoms with van der Waals surface area (Å²) < 4.78 is 52.0. The first-order valence-corrected chi connectivity index (χ1v) is 9.80. The van der Waals surface area contributed by atoms with Gasteiger partial charge in [0.1, 0.15) is 5.65 Å². The fourth-order valence-electron chi connectivity index (χ4n) is 3.45. The first-order valence-electron chi connectivity index (χ1n) is 9.80. The number of fused-ring (bicyclic) bond motifs is 1. The maximum absolute atomic E-state index is 13.7. The van der Waals surface area contributed by atoms with Crippen molar-refractivity contribution in [1.82, 2.24) is 14.7 Å². The molecule has 0 saturated carbocycles. The second-order valence-electron chi connectivity index (χ2n) is 7.23. The highest BCUT2D eigenvalue weighted by atomic mass is 19.4. The molecule has 0 aliphatic rings. The van der Waals surface area contributed by atoms with E-state index in [1.165, 1.54) is 36.4 Å². The lowest BCUT2D eigenvalue weighted by Crippen LogP contribution is -2.35. The van der Waals surface area contributed by atoms with Crippen molar-refractivity contribution in [1.29, 1.82) is 0 Å². The number of nitrogens with zero attached hydrogens (tertiary/aromatic N) is 2. The van der Waals surface area contributed by atoms with Crippen molar-refractivity contribution < 1.29 is 31.9 Å². The molecule has 10 heteroatoms. The Bertz CT molecular complexity index is 1280. The lowest BCUT2D eigenvalue weighted by atomic mass is 10.1. The number of esters is 1. The van der Waals surface area contributed by atoms with E-state index in [-0.39, 0.29) is 23.3 Å². The van der Waals surface area contributed by atoms with Gasteiger partial charge in [-0.25, -0.2) is 9.78 Å². The quantitative estimate of drug-likeness (QED) is 0.439. The number of benzene rings is 1. The number of imidazole rings is 1. The summed E-state index contributed by atoms with van der Waals surface area (Å²) in [6, 6.07) is 9.94. The smallest absolute Gasteiger partial charge is 0.420 e. The number of aromatic nitrogens is 2. The molecule has 33 heavy (non-hydrogen) atoms. The highest BCUT2D eigenvalue weighted by Gasteiger charge is 2.35. The van der Waals surface area contributed by atoms with Crippen LogP contribution in [0.2, 0.25) is 0 Å². The van der Waals surface area contributed by atoms with E-state index in [9.17, 15) is 22.8 Å². The van der Waals surface area contributed by atoms with Crippen LogP contribution in [0.15, 0.2) is 71.8 Å². The number of hydrogen-bond donors (Lipinski definition) is 1. The van der Waals surface area contributed by atoms with Gasteiger partial charge >= 0.3 is 12.1 Å². The van der Waals surface area contributed by atoms with E-state index in [0.717, 1.165) is 6.07 Å². The minimum Gasteiger partial charge on any atom is -0.472 e. The summed E-state index contributed by atoms with van der Waals surface area (Å²) in [4.78, 5) is 28.8. The van der Waals surface area contributed by atoms with Crippen LogP contribution in [0.1, 0.15) is 22.9 Å². The van der Waals surface area contributed by atoms with Gasteiger partial charge in [0.25, 0.3) is 0 Å². The zero-order chi connectivity index (χ0) is 23.6. The molecule has 7 nitrogen and oxygen atoms in total. The van der Waals surface area contributed by atoms with Crippen molar-refractivity contribution in [2.45, 2.75) is 18.6 Å². The van der Waals surface area contributed by atoms with E-state index >= 15 is 0 Å². The monoisotopic (exact) mass is 457 g/mol. The van der Waals surface area contributed by atoms with Crippen molar-refractivity contribution in [3.63, 3.8) is 0 Å². The van der Waals surface area contributed by atoms with Crippen LogP contribution >= 0.6 is 0 Å². The molecule has 0 spiro atoms. The maximum Gasteiger partial charge on any atom is 0.420 e. The van der Waals surface area contributed by atoms with Crippen LogP contribution < -0.4 is 5.32 Å². The van der Waals surface area contributed by atoms with E-state index < -0.39 is 29.7 Å². The molecule has 1 aromatic carbocycles. The van der Waals surface area contributed by atoms with Gasteiger partial charge in [-0.05, 0) is 17.7 Å². The van der Waals surface area contributed by atoms with Crippen molar-refractivity contribution in [3.8, 4) is 11.1 Å². The Morgan fingerprint density at radius 2 is 1.91 bits per heavy atom. The summed E-state index contributed by atoms with van der Waals surface area (Å²) >= 11 is 0. The highest BCUT2D eigenvalue weighted by Crippen LogP contribution is 2.35. The Hall–Kier alpha value is -4.08. The zero-order valence-corrected chi connectivity index (χ0v) is 17.3. The first kappa shape index (κ1) is 22.1. The summed E-state index contributed by atoms with van der Waals surface area (Å²) in [5, 5.41) is 2.56. The molecule has 0 fully saturated rings. The number of alkyl halides is 3. The third-order valence-corrected chi connectivity index (χ3v) is 4.98. The maximum atomic E-state index is 13.7. The van der Waals surface area contributed by atoms with Gasteiger partial charge in [0.2, 0.25) is 5.91 Å². The van der Waals surface area contributed by atoms with E-state index in [1.807, 2.05) is 0 Å². The Morgan fingerprint density at radius 3 is 2.55 bits per heavy atom. The molecule has 170 valence electrons. The average molecular weight is 457 g/mol. The molecular weight excluding hydrogens is 439 g/mol. The normalized spacial score (nSPS) is 12.5. The molecular formula is C23H18F3N3O4. The van der Waals surface area contributed by atoms with Gasteiger partial charge in [0.15, 0.2) is 6.04 Å². The number of methoxy groups -OCH3 is 1. The minimum absolute atomic E-state index is 0.110. The standard InChI is InChI=1S/C23H18F3N3O4/c1-32-22(31)20(14-5-3-2-4-6-14)28-19(30)10-17-12-29-11-16(15-7-8-33-13-15)9-18(21(29)27-17)23(24,25)26/h2-9,11-13,20H,10H2,1H3,(H,28,30). The highest BCUT2D eigenvalue weighted by molar-refractivity contribution is 5.86. The molecule has 4 aromatic rings. The Labute approximate surface area is 185 Å². The first-order chi connectivity index (χ1) is 15.8. The summed E-state index contributed by atoms with van der Waals surface area (Å²) in [6.45, 7) is 0. The number of hydrogen-bond acceptors (Lipinski definition) is 5. The number of carbonyl (C=O) groups excluding carboxylic acids is 2. The number of amides is 1. The Morgan fingerprint density at radius 1 is 1.15 bits per heavy atom. The minimum atomic E-state index is -4.66. The zero-order valence-electron chi connectivity index (χ0n) is 17.3.